The summed E-state index contributed by atoms with van der Waals surface area (Å²) < 4.78 is 12.0. The van der Waals surface area contributed by atoms with Gasteiger partial charge in [0.15, 0.2) is 11.5 Å². The Labute approximate surface area is 169 Å². The number of aryl methyl sites for hydroxylation is 2. The van der Waals surface area contributed by atoms with Crippen molar-refractivity contribution >= 4 is 0 Å². The molecule has 152 valence electrons. The Kier molecular flexibility index (Phi) is 6.97. The van der Waals surface area contributed by atoms with Gasteiger partial charge in [-0.1, -0.05) is 29.8 Å². The maximum absolute atomic E-state index is 10.4. The van der Waals surface area contributed by atoms with Crippen molar-refractivity contribution in [1.82, 2.24) is 4.90 Å². The molecule has 3 rings (SSSR count). The Morgan fingerprint density at radius 2 is 1.89 bits per heavy atom. The van der Waals surface area contributed by atoms with Crippen LogP contribution in [-0.2, 0) is 13.0 Å². The van der Waals surface area contributed by atoms with Crippen LogP contribution >= 0.6 is 0 Å². The predicted octanol–water partition coefficient (Wildman–Crippen LogP) is 4.14. The number of aliphatic hydroxyl groups excluding tert-OH is 1. The lowest BCUT2D eigenvalue weighted by Crippen LogP contribution is -2.41. The largest absolute Gasteiger partial charge is 0.490 e. The Balaban J connectivity index is 1.72. The van der Waals surface area contributed by atoms with Crippen LogP contribution in [0.1, 0.15) is 35.6 Å². The summed E-state index contributed by atoms with van der Waals surface area (Å²) in [6.45, 7) is 9.21. The summed E-state index contributed by atoms with van der Waals surface area (Å²) in [6.07, 6.45) is 1.46. The van der Waals surface area contributed by atoms with E-state index < -0.39 is 0 Å². The van der Waals surface area contributed by atoms with Gasteiger partial charge in [-0.15, -0.1) is 0 Å². The maximum Gasteiger partial charge on any atom is 0.161 e. The number of nitrogens with zero attached hydrogens (tertiary/aromatic N) is 1. The van der Waals surface area contributed by atoms with Crippen molar-refractivity contribution in [2.45, 2.75) is 46.3 Å². The molecule has 0 amide bonds. The molecule has 0 saturated carbocycles. The van der Waals surface area contributed by atoms with Gasteiger partial charge in [0.2, 0.25) is 0 Å². The standard InChI is InChI=1S/C24H33NO3/c1-5-27-24-14-19(13-20-15-25(4)11-10-22(20)26)8-9-23(24)28-16-21-12-17(2)6-7-18(21)3/h6-9,12,14,20,22,26H,5,10-11,13,15-16H2,1-4H3. The molecule has 2 atom stereocenters. The van der Waals surface area contributed by atoms with E-state index in [0.717, 1.165) is 37.4 Å². The SMILES string of the molecule is CCOc1cc(CC2CN(C)CCC2O)ccc1OCc1cc(C)ccc1C. The molecule has 1 aliphatic rings. The fourth-order valence-corrected chi connectivity index (χ4v) is 3.88. The fourth-order valence-electron chi connectivity index (χ4n) is 3.88. The van der Waals surface area contributed by atoms with E-state index in [9.17, 15) is 5.11 Å². The first-order valence-corrected chi connectivity index (χ1v) is 10.3. The number of hydrogen-bond donors (Lipinski definition) is 1. The molecule has 28 heavy (non-hydrogen) atoms. The Hall–Kier alpha value is -2.04. The molecule has 1 fully saturated rings. The van der Waals surface area contributed by atoms with Gasteiger partial charge in [0.25, 0.3) is 0 Å². The van der Waals surface area contributed by atoms with Crippen molar-refractivity contribution in [3.05, 3.63) is 58.7 Å². The van der Waals surface area contributed by atoms with E-state index in [1.807, 2.05) is 13.0 Å². The lowest BCUT2D eigenvalue weighted by Gasteiger charge is -2.34. The van der Waals surface area contributed by atoms with Gasteiger partial charge < -0.3 is 19.5 Å². The van der Waals surface area contributed by atoms with E-state index in [0.29, 0.717) is 13.2 Å². The second-order valence-electron chi connectivity index (χ2n) is 8.02. The van der Waals surface area contributed by atoms with Crippen LogP contribution in [0.2, 0.25) is 0 Å². The summed E-state index contributed by atoms with van der Waals surface area (Å²) in [7, 11) is 2.12. The third-order valence-corrected chi connectivity index (χ3v) is 5.59. The van der Waals surface area contributed by atoms with E-state index in [1.54, 1.807) is 0 Å². The van der Waals surface area contributed by atoms with Crippen LogP contribution in [0.4, 0.5) is 0 Å². The highest BCUT2D eigenvalue weighted by Gasteiger charge is 2.26. The lowest BCUT2D eigenvalue weighted by molar-refractivity contribution is 0.0366. The average Bonchev–Trinajstić information content (AvgIpc) is 2.67. The molecule has 1 saturated heterocycles. The minimum Gasteiger partial charge on any atom is -0.490 e. The molecule has 4 nitrogen and oxygen atoms in total. The Bertz CT molecular complexity index is 789. The first kappa shape index (κ1) is 20.7. The molecule has 0 aliphatic carbocycles. The third kappa shape index (κ3) is 5.27. The van der Waals surface area contributed by atoms with Crippen LogP contribution < -0.4 is 9.47 Å². The van der Waals surface area contributed by atoms with Gasteiger partial charge in [0, 0.05) is 19.0 Å². The van der Waals surface area contributed by atoms with Crippen molar-refractivity contribution < 1.29 is 14.6 Å². The second kappa shape index (κ2) is 9.44. The molecular formula is C24H33NO3. The van der Waals surface area contributed by atoms with Gasteiger partial charge in [-0.2, -0.15) is 0 Å². The molecule has 0 aromatic heterocycles. The average molecular weight is 384 g/mol. The normalized spacial score (nSPS) is 20.2. The van der Waals surface area contributed by atoms with E-state index in [2.05, 4.69) is 56.1 Å². The zero-order valence-electron chi connectivity index (χ0n) is 17.6. The molecule has 1 heterocycles. The predicted molar refractivity (Wildman–Crippen MR) is 113 cm³/mol. The Morgan fingerprint density at radius 1 is 1.07 bits per heavy atom. The highest BCUT2D eigenvalue weighted by molar-refractivity contribution is 5.43. The number of hydrogen-bond acceptors (Lipinski definition) is 4. The van der Waals surface area contributed by atoms with Crippen LogP contribution in [0.3, 0.4) is 0 Å². The summed E-state index contributed by atoms with van der Waals surface area (Å²) in [4.78, 5) is 2.29. The van der Waals surface area contributed by atoms with Crippen molar-refractivity contribution in [2.24, 2.45) is 5.92 Å². The summed E-state index contributed by atoms with van der Waals surface area (Å²) in [5, 5.41) is 10.4. The number of ether oxygens (including phenoxy) is 2. The van der Waals surface area contributed by atoms with Crippen molar-refractivity contribution in [1.29, 1.82) is 0 Å². The molecule has 0 bridgehead atoms. The molecule has 4 heteroatoms. The van der Waals surface area contributed by atoms with Crippen LogP contribution in [0.15, 0.2) is 36.4 Å². The summed E-state index contributed by atoms with van der Waals surface area (Å²) in [6, 6.07) is 12.6. The number of piperidine rings is 1. The van der Waals surface area contributed by atoms with Gasteiger partial charge in [0.05, 0.1) is 12.7 Å². The van der Waals surface area contributed by atoms with Gasteiger partial charge >= 0.3 is 0 Å². The van der Waals surface area contributed by atoms with Crippen molar-refractivity contribution in [3.63, 3.8) is 0 Å². The van der Waals surface area contributed by atoms with Crippen LogP contribution in [0.25, 0.3) is 0 Å². The lowest BCUT2D eigenvalue weighted by atomic mass is 9.89. The fraction of sp³-hybridized carbons (Fsp3) is 0.500. The Morgan fingerprint density at radius 3 is 2.68 bits per heavy atom. The summed E-state index contributed by atoms with van der Waals surface area (Å²) in [5.41, 5.74) is 4.85. The molecule has 1 N–H and O–H groups in total. The molecule has 2 unspecified atom stereocenters. The van der Waals surface area contributed by atoms with Gasteiger partial charge in [-0.25, -0.2) is 0 Å². The van der Waals surface area contributed by atoms with Gasteiger partial charge in [-0.3, -0.25) is 0 Å². The molecule has 0 spiro atoms. The highest BCUT2D eigenvalue weighted by atomic mass is 16.5. The molecule has 2 aromatic rings. The first-order valence-electron chi connectivity index (χ1n) is 10.3. The molecule has 0 radical (unpaired) electrons. The van der Waals surface area contributed by atoms with Crippen LogP contribution in [0.5, 0.6) is 11.5 Å². The zero-order chi connectivity index (χ0) is 20.1. The topological polar surface area (TPSA) is 41.9 Å². The molecule has 2 aromatic carbocycles. The molecule has 1 aliphatic heterocycles. The van der Waals surface area contributed by atoms with Crippen molar-refractivity contribution in [3.8, 4) is 11.5 Å². The number of benzene rings is 2. The number of rotatable bonds is 7. The highest BCUT2D eigenvalue weighted by Crippen LogP contribution is 2.31. The summed E-state index contributed by atoms with van der Waals surface area (Å²) >= 11 is 0. The van der Waals surface area contributed by atoms with E-state index in [-0.39, 0.29) is 12.0 Å². The third-order valence-electron chi connectivity index (χ3n) is 5.59. The van der Waals surface area contributed by atoms with Crippen LogP contribution in [-0.4, -0.2) is 42.9 Å². The maximum atomic E-state index is 10.4. The number of aliphatic hydroxyl groups is 1. The molecular weight excluding hydrogens is 350 g/mol. The van der Waals surface area contributed by atoms with Gasteiger partial charge in [0.1, 0.15) is 6.61 Å². The first-order chi connectivity index (χ1) is 13.5. The minimum atomic E-state index is -0.230. The second-order valence-corrected chi connectivity index (χ2v) is 8.02. The van der Waals surface area contributed by atoms with Crippen molar-refractivity contribution in [2.75, 3.05) is 26.7 Å². The number of likely N-dealkylation sites (tertiary alicyclic amines) is 1. The monoisotopic (exact) mass is 383 g/mol. The van der Waals surface area contributed by atoms with E-state index >= 15 is 0 Å². The minimum absolute atomic E-state index is 0.230. The van der Waals surface area contributed by atoms with Crippen LogP contribution in [0, 0.1) is 19.8 Å². The quantitative estimate of drug-likeness (QED) is 0.780. The smallest absolute Gasteiger partial charge is 0.161 e. The summed E-state index contributed by atoms with van der Waals surface area (Å²) in [5.74, 6) is 1.81. The van der Waals surface area contributed by atoms with E-state index in [1.165, 1.54) is 22.3 Å². The van der Waals surface area contributed by atoms with Gasteiger partial charge in [-0.05, 0) is 69.5 Å². The van der Waals surface area contributed by atoms with E-state index in [4.69, 9.17) is 9.47 Å². The zero-order valence-corrected chi connectivity index (χ0v) is 17.6.